The van der Waals surface area contributed by atoms with Crippen molar-refractivity contribution in [3.05, 3.63) is 70.7 Å². The summed E-state index contributed by atoms with van der Waals surface area (Å²) in [5.41, 5.74) is 3.73. The Morgan fingerprint density at radius 3 is 2.71 bits per heavy atom. The van der Waals surface area contributed by atoms with Crippen LogP contribution < -0.4 is 0 Å². The van der Waals surface area contributed by atoms with Crippen LogP contribution in [0.5, 0.6) is 0 Å². The lowest BCUT2D eigenvalue weighted by Gasteiger charge is -2.06. The van der Waals surface area contributed by atoms with Gasteiger partial charge in [0.05, 0.1) is 0 Å². The maximum atomic E-state index is 12.9. The highest BCUT2D eigenvalue weighted by Gasteiger charge is 2.10. The molecule has 0 atom stereocenters. The van der Waals surface area contributed by atoms with E-state index in [0.717, 1.165) is 34.7 Å². The van der Waals surface area contributed by atoms with E-state index in [1.165, 1.54) is 24.3 Å². The van der Waals surface area contributed by atoms with E-state index in [0.29, 0.717) is 12.0 Å². The highest BCUT2D eigenvalue weighted by Crippen LogP contribution is 2.27. The lowest BCUT2D eigenvalue weighted by Crippen LogP contribution is -2.01. The standard InChI is InChI=1S/C19H17FN2OS/c1-13-12-24-19(22-13)17-9-10-21-11-15(17)3-2-4-18(23)14-5-7-16(20)8-6-14/h5-12H,2-4H2,1H3. The average Bonchev–Trinajstić information content (AvgIpc) is 3.02. The fourth-order valence-electron chi connectivity index (χ4n) is 2.53. The van der Waals surface area contributed by atoms with Gasteiger partial charge in [-0.25, -0.2) is 9.37 Å². The van der Waals surface area contributed by atoms with Crippen LogP contribution in [-0.2, 0) is 6.42 Å². The summed E-state index contributed by atoms with van der Waals surface area (Å²) in [6, 6.07) is 7.67. The van der Waals surface area contributed by atoms with Gasteiger partial charge in [0.2, 0.25) is 0 Å². The Kier molecular flexibility index (Phi) is 5.11. The fraction of sp³-hybridized carbons (Fsp3) is 0.211. The second-order valence-electron chi connectivity index (χ2n) is 5.61. The molecule has 2 heterocycles. The van der Waals surface area contributed by atoms with Crippen LogP contribution in [0.3, 0.4) is 0 Å². The zero-order valence-electron chi connectivity index (χ0n) is 13.3. The van der Waals surface area contributed by atoms with Crippen molar-refractivity contribution in [1.82, 2.24) is 9.97 Å². The van der Waals surface area contributed by atoms with Crippen LogP contribution in [-0.4, -0.2) is 15.8 Å². The molecule has 0 N–H and O–H groups in total. The maximum absolute atomic E-state index is 12.9. The summed E-state index contributed by atoms with van der Waals surface area (Å²) in [7, 11) is 0. The minimum atomic E-state index is -0.328. The van der Waals surface area contributed by atoms with Crippen molar-refractivity contribution in [2.45, 2.75) is 26.2 Å². The molecule has 0 aliphatic rings. The molecule has 0 saturated carbocycles. The third-order valence-corrected chi connectivity index (χ3v) is 4.76. The molecular formula is C19H17FN2OS. The van der Waals surface area contributed by atoms with Crippen molar-refractivity contribution in [1.29, 1.82) is 0 Å². The minimum Gasteiger partial charge on any atom is -0.294 e. The first-order valence-corrected chi connectivity index (χ1v) is 8.65. The lowest BCUT2D eigenvalue weighted by molar-refractivity contribution is 0.0980. The molecule has 3 aromatic rings. The first-order valence-electron chi connectivity index (χ1n) is 7.77. The normalized spacial score (nSPS) is 10.8. The Labute approximate surface area is 144 Å². The SMILES string of the molecule is Cc1csc(-c2ccncc2CCCC(=O)c2ccc(F)cc2)n1. The minimum absolute atomic E-state index is 0.0329. The number of aromatic nitrogens is 2. The molecule has 0 unspecified atom stereocenters. The summed E-state index contributed by atoms with van der Waals surface area (Å²) in [6.07, 6.45) is 5.51. The van der Waals surface area contributed by atoms with E-state index in [9.17, 15) is 9.18 Å². The quantitative estimate of drug-likeness (QED) is 0.602. The number of rotatable bonds is 6. The zero-order valence-corrected chi connectivity index (χ0v) is 14.1. The number of carbonyl (C=O) groups is 1. The summed E-state index contributed by atoms with van der Waals surface area (Å²) < 4.78 is 12.9. The molecule has 0 spiro atoms. The Bertz CT molecular complexity index is 843. The van der Waals surface area contributed by atoms with Gasteiger partial charge in [0.15, 0.2) is 5.78 Å². The van der Waals surface area contributed by atoms with Gasteiger partial charge in [0.25, 0.3) is 0 Å². The summed E-state index contributed by atoms with van der Waals surface area (Å²) in [6.45, 7) is 1.97. The van der Waals surface area contributed by atoms with Gasteiger partial charge in [-0.15, -0.1) is 11.3 Å². The number of hydrogen-bond donors (Lipinski definition) is 0. The molecular weight excluding hydrogens is 323 g/mol. The molecule has 1 aromatic carbocycles. The van der Waals surface area contributed by atoms with Crippen LogP contribution in [0, 0.1) is 12.7 Å². The van der Waals surface area contributed by atoms with Crippen molar-refractivity contribution < 1.29 is 9.18 Å². The number of Topliss-reactive ketones (excluding diaryl/α,β-unsaturated/α-hetero) is 1. The van der Waals surface area contributed by atoms with E-state index >= 15 is 0 Å². The van der Waals surface area contributed by atoms with Crippen LogP contribution in [0.4, 0.5) is 4.39 Å². The number of hydrogen-bond acceptors (Lipinski definition) is 4. The molecule has 122 valence electrons. The summed E-state index contributed by atoms with van der Waals surface area (Å²) in [4.78, 5) is 20.9. The number of halogens is 1. The van der Waals surface area contributed by atoms with Crippen molar-refractivity contribution in [3.63, 3.8) is 0 Å². The molecule has 2 aromatic heterocycles. The Morgan fingerprint density at radius 2 is 2.00 bits per heavy atom. The number of aryl methyl sites for hydroxylation is 2. The molecule has 24 heavy (non-hydrogen) atoms. The van der Waals surface area contributed by atoms with Crippen molar-refractivity contribution in [3.8, 4) is 10.6 Å². The average molecular weight is 340 g/mol. The molecule has 0 radical (unpaired) electrons. The second kappa shape index (κ2) is 7.45. The van der Waals surface area contributed by atoms with E-state index in [1.807, 2.05) is 24.6 Å². The van der Waals surface area contributed by atoms with Crippen LogP contribution in [0.25, 0.3) is 10.6 Å². The molecule has 0 bridgehead atoms. The van der Waals surface area contributed by atoms with Gasteiger partial charge in [0.1, 0.15) is 10.8 Å². The number of thiazole rings is 1. The van der Waals surface area contributed by atoms with Crippen LogP contribution in [0.1, 0.15) is 34.5 Å². The third kappa shape index (κ3) is 3.92. The highest BCUT2D eigenvalue weighted by molar-refractivity contribution is 7.13. The van der Waals surface area contributed by atoms with E-state index in [4.69, 9.17) is 0 Å². The topological polar surface area (TPSA) is 42.9 Å². The van der Waals surface area contributed by atoms with Crippen LogP contribution in [0.2, 0.25) is 0 Å². The van der Waals surface area contributed by atoms with Gasteiger partial charge in [0, 0.05) is 41.0 Å². The molecule has 0 aliphatic heterocycles. The molecule has 3 nitrogen and oxygen atoms in total. The molecule has 5 heteroatoms. The van der Waals surface area contributed by atoms with Gasteiger partial charge >= 0.3 is 0 Å². The van der Waals surface area contributed by atoms with E-state index < -0.39 is 0 Å². The van der Waals surface area contributed by atoms with Gasteiger partial charge in [-0.2, -0.15) is 0 Å². The lowest BCUT2D eigenvalue weighted by atomic mass is 10.0. The number of benzene rings is 1. The Hall–Kier alpha value is -2.40. The predicted octanol–water partition coefficient (Wildman–Crippen LogP) is 4.86. The van der Waals surface area contributed by atoms with Gasteiger partial charge in [-0.1, -0.05) is 0 Å². The molecule has 0 aliphatic carbocycles. The fourth-order valence-corrected chi connectivity index (χ4v) is 3.39. The zero-order chi connectivity index (χ0) is 16.9. The van der Waals surface area contributed by atoms with Crippen molar-refractivity contribution >= 4 is 17.1 Å². The van der Waals surface area contributed by atoms with E-state index in [-0.39, 0.29) is 11.6 Å². The third-order valence-electron chi connectivity index (χ3n) is 3.77. The monoisotopic (exact) mass is 340 g/mol. The highest BCUT2D eigenvalue weighted by atomic mass is 32.1. The first kappa shape index (κ1) is 16.5. The largest absolute Gasteiger partial charge is 0.294 e. The second-order valence-corrected chi connectivity index (χ2v) is 6.47. The van der Waals surface area contributed by atoms with Gasteiger partial charge in [-0.3, -0.25) is 9.78 Å². The number of carbonyl (C=O) groups excluding carboxylic acids is 1. The van der Waals surface area contributed by atoms with Gasteiger partial charge in [-0.05, 0) is 55.7 Å². The maximum Gasteiger partial charge on any atom is 0.162 e. The van der Waals surface area contributed by atoms with Crippen LogP contribution >= 0.6 is 11.3 Å². The smallest absolute Gasteiger partial charge is 0.162 e. The number of ketones is 1. The van der Waals surface area contributed by atoms with E-state index in [2.05, 4.69) is 9.97 Å². The molecule has 0 saturated heterocycles. The van der Waals surface area contributed by atoms with Crippen molar-refractivity contribution in [2.24, 2.45) is 0 Å². The summed E-state index contributed by atoms with van der Waals surface area (Å²) in [5.74, 6) is -0.296. The number of pyridine rings is 1. The van der Waals surface area contributed by atoms with Gasteiger partial charge < -0.3 is 0 Å². The summed E-state index contributed by atoms with van der Waals surface area (Å²) in [5, 5.41) is 3.01. The first-order chi connectivity index (χ1) is 11.6. The summed E-state index contributed by atoms with van der Waals surface area (Å²) >= 11 is 1.61. The van der Waals surface area contributed by atoms with Crippen LogP contribution in [0.15, 0.2) is 48.1 Å². The molecule has 0 amide bonds. The number of nitrogens with zero attached hydrogens (tertiary/aromatic N) is 2. The Balaban J connectivity index is 1.65. The molecule has 0 fully saturated rings. The van der Waals surface area contributed by atoms with E-state index in [1.54, 1.807) is 17.5 Å². The predicted molar refractivity (Wildman–Crippen MR) is 93.8 cm³/mol. The molecule has 3 rings (SSSR count). The Morgan fingerprint density at radius 1 is 1.21 bits per heavy atom. The van der Waals surface area contributed by atoms with Crippen molar-refractivity contribution in [2.75, 3.05) is 0 Å².